The Morgan fingerprint density at radius 3 is 2.52 bits per heavy atom. The molecular formula is C18H19FN4O2. The fourth-order valence-electron chi connectivity index (χ4n) is 3.40. The van der Waals surface area contributed by atoms with E-state index in [2.05, 4.69) is 14.9 Å². The van der Waals surface area contributed by atoms with Gasteiger partial charge in [-0.05, 0) is 38.1 Å². The molecule has 6 nitrogen and oxygen atoms in total. The molecule has 1 aromatic heterocycles. The lowest BCUT2D eigenvalue weighted by Gasteiger charge is -2.35. The molecule has 1 aromatic carbocycles. The molecule has 1 amide bonds. The molecule has 0 saturated carbocycles. The summed E-state index contributed by atoms with van der Waals surface area (Å²) in [6.07, 6.45) is 1.81. The van der Waals surface area contributed by atoms with Gasteiger partial charge in [-0.1, -0.05) is 0 Å². The summed E-state index contributed by atoms with van der Waals surface area (Å²) >= 11 is 0. The lowest BCUT2D eigenvalue weighted by atomic mass is 10.2. The number of carbonyl (C=O) groups is 1. The summed E-state index contributed by atoms with van der Waals surface area (Å²) in [6, 6.07) is 5.88. The Kier molecular flexibility index (Phi) is 3.88. The Morgan fingerprint density at radius 2 is 1.84 bits per heavy atom. The highest BCUT2D eigenvalue weighted by atomic mass is 19.1. The second kappa shape index (κ2) is 6.07. The molecule has 0 unspecified atom stereocenters. The van der Waals surface area contributed by atoms with Crippen LogP contribution in [0.25, 0.3) is 0 Å². The third kappa shape index (κ3) is 2.95. The van der Waals surface area contributed by atoms with Crippen molar-refractivity contribution < 1.29 is 13.9 Å². The van der Waals surface area contributed by atoms with Gasteiger partial charge in [0.25, 0.3) is 5.91 Å². The van der Waals surface area contributed by atoms with Crippen LogP contribution in [0.3, 0.4) is 0 Å². The van der Waals surface area contributed by atoms with Crippen LogP contribution in [0.4, 0.5) is 16.0 Å². The highest BCUT2D eigenvalue weighted by Crippen LogP contribution is 2.28. The molecule has 3 heterocycles. The Hall–Kier alpha value is -2.54. The summed E-state index contributed by atoms with van der Waals surface area (Å²) < 4.78 is 18.9. The molecule has 25 heavy (non-hydrogen) atoms. The van der Waals surface area contributed by atoms with E-state index >= 15 is 0 Å². The van der Waals surface area contributed by atoms with Crippen LogP contribution in [0.5, 0.6) is 0 Å². The molecule has 7 heteroatoms. The second-order valence-electron chi connectivity index (χ2n) is 6.56. The Bertz CT molecular complexity index is 801. The topological polar surface area (TPSA) is 58.6 Å². The van der Waals surface area contributed by atoms with Crippen LogP contribution >= 0.6 is 0 Å². The second-order valence-corrected chi connectivity index (χ2v) is 6.56. The first kappa shape index (κ1) is 16.0. The number of benzene rings is 1. The van der Waals surface area contributed by atoms with Gasteiger partial charge in [0.2, 0.25) is 5.95 Å². The molecule has 0 spiro atoms. The van der Waals surface area contributed by atoms with Crippen LogP contribution in [0.1, 0.15) is 29.9 Å². The predicted octanol–water partition coefficient (Wildman–Crippen LogP) is 2.39. The Labute approximate surface area is 145 Å². The highest BCUT2D eigenvalue weighted by molar-refractivity contribution is 6.09. The standard InChI is InChI=1S/C18H19FN4O2/c1-11-8-22(9-12(2)25-11)18-20-7-15-16(21-18)10-23(17(15)24)14-5-3-13(19)4-6-14/h3-7,11-12H,8-10H2,1-2H3/t11-,12-/m0/s1. The summed E-state index contributed by atoms with van der Waals surface area (Å²) in [4.78, 5) is 25.3. The SMILES string of the molecule is C[C@H]1CN(c2ncc3c(n2)CN(c2ccc(F)cc2)C3=O)C[C@H](C)O1. The van der Waals surface area contributed by atoms with Crippen LogP contribution in [-0.4, -0.2) is 41.2 Å². The number of fused-ring (bicyclic) bond motifs is 1. The number of ether oxygens (including phenoxy) is 1. The van der Waals surface area contributed by atoms with E-state index in [0.717, 1.165) is 13.1 Å². The molecule has 2 aromatic rings. The van der Waals surface area contributed by atoms with Crippen LogP contribution in [0.15, 0.2) is 30.5 Å². The maximum Gasteiger partial charge on any atom is 0.262 e. The first-order valence-electron chi connectivity index (χ1n) is 8.35. The van der Waals surface area contributed by atoms with Gasteiger partial charge in [0.1, 0.15) is 5.82 Å². The van der Waals surface area contributed by atoms with Gasteiger partial charge in [-0.15, -0.1) is 0 Å². The van der Waals surface area contributed by atoms with E-state index in [1.54, 1.807) is 23.2 Å². The minimum atomic E-state index is -0.328. The third-order valence-corrected chi connectivity index (χ3v) is 4.48. The van der Waals surface area contributed by atoms with E-state index in [4.69, 9.17) is 4.74 Å². The number of rotatable bonds is 2. The molecule has 0 radical (unpaired) electrons. The molecule has 130 valence electrons. The van der Waals surface area contributed by atoms with Gasteiger partial charge < -0.3 is 14.5 Å². The predicted molar refractivity (Wildman–Crippen MR) is 91.2 cm³/mol. The van der Waals surface area contributed by atoms with Crippen molar-refractivity contribution in [2.45, 2.75) is 32.6 Å². The van der Waals surface area contributed by atoms with Crippen molar-refractivity contribution in [3.63, 3.8) is 0 Å². The zero-order valence-corrected chi connectivity index (χ0v) is 14.1. The number of hydrogen-bond acceptors (Lipinski definition) is 5. The zero-order valence-electron chi connectivity index (χ0n) is 14.1. The molecular weight excluding hydrogens is 323 g/mol. The fraction of sp³-hybridized carbons (Fsp3) is 0.389. The Morgan fingerprint density at radius 1 is 1.16 bits per heavy atom. The molecule has 2 aliphatic rings. The lowest BCUT2D eigenvalue weighted by Crippen LogP contribution is -2.46. The minimum absolute atomic E-state index is 0.109. The van der Waals surface area contributed by atoms with E-state index in [-0.39, 0.29) is 23.9 Å². The monoisotopic (exact) mass is 342 g/mol. The number of anilines is 2. The fourth-order valence-corrected chi connectivity index (χ4v) is 3.40. The smallest absolute Gasteiger partial charge is 0.262 e. The normalized spacial score (nSPS) is 23.1. The maximum absolute atomic E-state index is 13.1. The summed E-state index contributed by atoms with van der Waals surface area (Å²) in [5.41, 5.74) is 1.85. The number of halogens is 1. The molecule has 0 N–H and O–H groups in total. The highest BCUT2D eigenvalue weighted by Gasteiger charge is 2.32. The van der Waals surface area contributed by atoms with Crippen LogP contribution in [0, 0.1) is 5.82 Å². The van der Waals surface area contributed by atoms with Crippen molar-refractivity contribution in [3.8, 4) is 0 Å². The molecule has 0 aliphatic carbocycles. The van der Waals surface area contributed by atoms with Crippen molar-refractivity contribution in [1.29, 1.82) is 0 Å². The maximum atomic E-state index is 13.1. The van der Waals surface area contributed by atoms with Crippen molar-refractivity contribution in [1.82, 2.24) is 9.97 Å². The number of hydrogen-bond donors (Lipinski definition) is 0. The summed E-state index contributed by atoms with van der Waals surface area (Å²) in [5, 5.41) is 0. The van der Waals surface area contributed by atoms with Gasteiger partial charge in [0, 0.05) is 25.0 Å². The van der Waals surface area contributed by atoms with E-state index in [0.29, 0.717) is 29.4 Å². The van der Waals surface area contributed by atoms with Gasteiger partial charge in [-0.25, -0.2) is 14.4 Å². The van der Waals surface area contributed by atoms with Gasteiger partial charge in [-0.2, -0.15) is 0 Å². The number of amides is 1. The van der Waals surface area contributed by atoms with E-state index in [1.165, 1.54) is 12.1 Å². The average molecular weight is 342 g/mol. The summed E-state index contributed by atoms with van der Waals surface area (Å²) in [7, 11) is 0. The van der Waals surface area contributed by atoms with Gasteiger partial charge >= 0.3 is 0 Å². The molecule has 2 aliphatic heterocycles. The summed E-state index contributed by atoms with van der Waals surface area (Å²) in [5.74, 6) is 0.136. The lowest BCUT2D eigenvalue weighted by molar-refractivity contribution is -0.00573. The molecule has 0 bridgehead atoms. The first-order valence-corrected chi connectivity index (χ1v) is 8.35. The quantitative estimate of drug-likeness (QED) is 0.839. The van der Waals surface area contributed by atoms with Gasteiger partial charge in [-0.3, -0.25) is 4.79 Å². The average Bonchev–Trinajstić information content (AvgIpc) is 2.91. The number of morpholine rings is 1. The van der Waals surface area contributed by atoms with Crippen LogP contribution in [0.2, 0.25) is 0 Å². The van der Waals surface area contributed by atoms with Crippen LogP contribution < -0.4 is 9.80 Å². The number of carbonyl (C=O) groups excluding carboxylic acids is 1. The van der Waals surface area contributed by atoms with Crippen molar-refractivity contribution in [2.24, 2.45) is 0 Å². The molecule has 1 saturated heterocycles. The number of aromatic nitrogens is 2. The molecule has 2 atom stereocenters. The number of nitrogens with zero attached hydrogens (tertiary/aromatic N) is 4. The van der Waals surface area contributed by atoms with Crippen molar-refractivity contribution in [3.05, 3.63) is 47.5 Å². The zero-order chi connectivity index (χ0) is 17.6. The molecule has 4 rings (SSSR count). The van der Waals surface area contributed by atoms with Gasteiger partial charge in [0.15, 0.2) is 0 Å². The van der Waals surface area contributed by atoms with Crippen molar-refractivity contribution in [2.75, 3.05) is 22.9 Å². The Balaban J connectivity index is 1.60. The van der Waals surface area contributed by atoms with E-state index < -0.39 is 0 Å². The van der Waals surface area contributed by atoms with Crippen molar-refractivity contribution >= 4 is 17.5 Å². The molecule has 1 fully saturated rings. The minimum Gasteiger partial charge on any atom is -0.372 e. The van der Waals surface area contributed by atoms with E-state index in [1.807, 2.05) is 13.8 Å². The third-order valence-electron chi connectivity index (χ3n) is 4.48. The van der Waals surface area contributed by atoms with E-state index in [9.17, 15) is 9.18 Å². The van der Waals surface area contributed by atoms with Gasteiger partial charge in [0.05, 0.1) is 30.0 Å². The van der Waals surface area contributed by atoms with Crippen LogP contribution in [-0.2, 0) is 11.3 Å². The largest absolute Gasteiger partial charge is 0.372 e. The first-order chi connectivity index (χ1) is 12.0. The summed E-state index contributed by atoms with van der Waals surface area (Å²) in [6.45, 7) is 5.86.